The topological polar surface area (TPSA) is 113 Å². The highest BCUT2D eigenvalue weighted by Gasteiger charge is 2.24. The number of amides is 4. The van der Waals surface area contributed by atoms with Crippen molar-refractivity contribution in [2.45, 2.75) is 0 Å². The van der Waals surface area contributed by atoms with Crippen molar-refractivity contribution in [2.24, 2.45) is 9.98 Å². The number of benzene rings is 2. The summed E-state index contributed by atoms with van der Waals surface area (Å²) in [6.07, 6.45) is 0. The molecular weight excluding hydrogens is 468 g/mol. The van der Waals surface area contributed by atoms with Crippen molar-refractivity contribution >= 4 is 47.5 Å². The van der Waals surface area contributed by atoms with Gasteiger partial charge < -0.3 is 31.1 Å². The van der Waals surface area contributed by atoms with Gasteiger partial charge in [0.05, 0.1) is 13.1 Å². The van der Waals surface area contributed by atoms with Crippen molar-refractivity contribution in [3.05, 3.63) is 59.7 Å². The number of carbonyl (C=O) groups excluding carboxylic acids is 2. The molecule has 0 aliphatic carbocycles. The van der Waals surface area contributed by atoms with E-state index < -0.39 is 0 Å². The Balaban J connectivity index is 0.00000289. The Kier molecular flexibility index (Phi) is 7.71. The number of aliphatic imine (C=N–C) groups is 2. The van der Waals surface area contributed by atoms with Gasteiger partial charge in [-0.3, -0.25) is 9.98 Å². The number of hydrogen-bond donors (Lipinski definition) is 4. The van der Waals surface area contributed by atoms with Gasteiger partial charge in [-0.15, -0.1) is 12.4 Å². The lowest BCUT2D eigenvalue weighted by Gasteiger charge is -2.34. The number of anilines is 2. The van der Waals surface area contributed by atoms with E-state index in [2.05, 4.69) is 31.3 Å². The Morgan fingerprint density at radius 3 is 1.34 bits per heavy atom. The predicted octanol–water partition coefficient (Wildman–Crippen LogP) is 2.19. The number of piperazine rings is 1. The molecule has 3 aliphatic rings. The van der Waals surface area contributed by atoms with Crippen LogP contribution in [0.25, 0.3) is 0 Å². The second-order valence-electron chi connectivity index (χ2n) is 8.30. The molecule has 5 rings (SSSR count). The molecule has 11 heteroatoms. The smallest absolute Gasteiger partial charge is 0.321 e. The van der Waals surface area contributed by atoms with Gasteiger partial charge in [0.1, 0.15) is 11.7 Å². The zero-order valence-electron chi connectivity index (χ0n) is 19.3. The lowest BCUT2D eigenvalue weighted by atomic mass is 10.2. The molecule has 0 radical (unpaired) electrons. The minimum absolute atomic E-state index is 0. The number of halogens is 1. The van der Waals surface area contributed by atoms with Crippen molar-refractivity contribution in [3.63, 3.8) is 0 Å². The summed E-state index contributed by atoms with van der Waals surface area (Å²) in [5.74, 6) is 1.78. The van der Waals surface area contributed by atoms with Crippen molar-refractivity contribution < 1.29 is 9.59 Å². The summed E-state index contributed by atoms with van der Waals surface area (Å²) >= 11 is 0. The average Bonchev–Trinajstić information content (AvgIpc) is 3.60. The molecule has 0 atom stereocenters. The Labute approximate surface area is 210 Å². The molecule has 184 valence electrons. The van der Waals surface area contributed by atoms with Crippen LogP contribution in [-0.4, -0.2) is 85.9 Å². The van der Waals surface area contributed by atoms with Crippen LogP contribution in [0.2, 0.25) is 0 Å². The lowest BCUT2D eigenvalue weighted by molar-refractivity contribution is 0.156. The summed E-state index contributed by atoms with van der Waals surface area (Å²) in [6.45, 7) is 5.20. The van der Waals surface area contributed by atoms with Crippen LogP contribution >= 0.6 is 12.4 Å². The molecule has 1 fully saturated rings. The van der Waals surface area contributed by atoms with E-state index in [9.17, 15) is 9.59 Å². The molecule has 0 unspecified atom stereocenters. The number of amidine groups is 2. The quantitative estimate of drug-likeness (QED) is 0.519. The fourth-order valence-electron chi connectivity index (χ4n) is 4.12. The Morgan fingerprint density at radius 2 is 1.03 bits per heavy atom. The lowest BCUT2D eigenvalue weighted by Crippen LogP contribution is -2.52. The summed E-state index contributed by atoms with van der Waals surface area (Å²) in [7, 11) is 0. The third kappa shape index (κ3) is 5.83. The molecule has 0 aromatic heterocycles. The average molecular weight is 497 g/mol. The summed E-state index contributed by atoms with van der Waals surface area (Å²) < 4.78 is 0. The van der Waals surface area contributed by atoms with Crippen LogP contribution < -0.4 is 21.3 Å². The van der Waals surface area contributed by atoms with Gasteiger partial charge in [0.15, 0.2) is 0 Å². The van der Waals surface area contributed by atoms with E-state index in [-0.39, 0.29) is 24.5 Å². The van der Waals surface area contributed by atoms with E-state index in [0.29, 0.717) is 26.2 Å². The molecule has 35 heavy (non-hydrogen) atoms. The van der Waals surface area contributed by atoms with Gasteiger partial charge in [-0.25, -0.2) is 9.59 Å². The van der Waals surface area contributed by atoms with Gasteiger partial charge in [0, 0.05) is 61.8 Å². The minimum atomic E-state index is -0.164. The summed E-state index contributed by atoms with van der Waals surface area (Å²) in [5, 5.41) is 12.3. The van der Waals surface area contributed by atoms with Crippen molar-refractivity contribution in [1.82, 2.24) is 20.4 Å². The van der Waals surface area contributed by atoms with Crippen molar-refractivity contribution in [3.8, 4) is 0 Å². The fraction of sp³-hybridized carbons (Fsp3) is 0.333. The monoisotopic (exact) mass is 496 g/mol. The SMILES string of the molecule is Cl.O=C(Nc1ccc(C2=NCCN2)cc1)N1CCN(C(=O)Nc2ccc(C3=NCCN3)cc2)CC1. The molecular formula is C24H29ClN8O2. The van der Waals surface area contributed by atoms with E-state index in [4.69, 9.17) is 0 Å². The number of urea groups is 2. The highest BCUT2D eigenvalue weighted by atomic mass is 35.5. The minimum Gasteiger partial charge on any atom is -0.368 e. The van der Waals surface area contributed by atoms with E-state index >= 15 is 0 Å². The molecule has 10 nitrogen and oxygen atoms in total. The molecule has 1 saturated heterocycles. The Morgan fingerprint density at radius 1 is 0.657 bits per heavy atom. The number of carbonyl (C=O) groups is 2. The van der Waals surface area contributed by atoms with Crippen LogP contribution in [0.1, 0.15) is 11.1 Å². The number of nitrogens with zero attached hydrogens (tertiary/aromatic N) is 4. The first-order valence-corrected chi connectivity index (χ1v) is 11.5. The van der Waals surface area contributed by atoms with Gasteiger partial charge in [-0.1, -0.05) is 0 Å². The molecule has 3 aliphatic heterocycles. The molecule has 4 N–H and O–H groups in total. The number of hydrogen-bond acceptors (Lipinski definition) is 6. The molecule has 4 amide bonds. The van der Waals surface area contributed by atoms with Gasteiger partial charge in [0.25, 0.3) is 0 Å². The van der Waals surface area contributed by atoms with Gasteiger partial charge in [-0.05, 0) is 48.5 Å². The third-order valence-electron chi connectivity index (χ3n) is 6.02. The first-order valence-electron chi connectivity index (χ1n) is 11.5. The van der Waals surface area contributed by atoms with E-state index in [1.165, 1.54) is 0 Å². The zero-order chi connectivity index (χ0) is 23.3. The predicted molar refractivity (Wildman–Crippen MR) is 140 cm³/mol. The van der Waals surface area contributed by atoms with Gasteiger partial charge >= 0.3 is 12.1 Å². The van der Waals surface area contributed by atoms with Crippen LogP contribution in [0.5, 0.6) is 0 Å². The second kappa shape index (κ2) is 11.1. The summed E-state index contributed by atoms with van der Waals surface area (Å²) in [4.78, 5) is 37.6. The normalized spacial score (nSPS) is 16.9. The number of nitrogens with one attached hydrogen (secondary N) is 4. The maximum Gasteiger partial charge on any atom is 0.321 e. The van der Waals surface area contributed by atoms with Crippen LogP contribution in [0.15, 0.2) is 58.5 Å². The second-order valence-corrected chi connectivity index (χ2v) is 8.30. The highest BCUT2D eigenvalue weighted by Crippen LogP contribution is 2.15. The Hall–Kier alpha value is -3.79. The first kappa shape index (κ1) is 24.3. The van der Waals surface area contributed by atoms with Gasteiger partial charge in [-0.2, -0.15) is 0 Å². The van der Waals surface area contributed by atoms with E-state index in [0.717, 1.165) is 60.4 Å². The first-order chi connectivity index (χ1) is 16.7. The van der Waals surface area contributed by atoms with Crippen LogP contribution in [0.3, 0.4) is 0 Å². The van der Waals surface area contributed by atoms with E-state index in [1.807, 2.05) is 48.5 Å². The van der Waals surface area contributed by atoms with Crippen molar-refractivity contribution in [2.75, 3.05) is 63.0 Å². The third-order valence-corrected chi connectivity index (χ3v) is 6.02. The largest absolute Gasteiger partial charge is 0.368 e. The summed E-state index contributed by atoms with van der Waals surface area (Å²) in [5.41, 5.74) is 3.48. The molecule has 0 bridgehead atoms. The summed E-state index contributed by atoms with van der Waals surface area (Å²) in [6, 6.07) is 14.9. The van der Waals surface area contributed by atoms with Crippen LogP contribution in [0, 0.1) is 0 Å². The standard InChI is InChI=1S/C24H28N8O2.ClH/c33-23(29-19-5-1-17(2-6-19)21-25-9-10-26-21)31-13-15-32(16-14-31)24(34)30-20-7-3-18(4-8-20)22-27-11-12-28-22;/h1-8H,9-16H2,(H,25,26)(H,27,28)(H,29,33)(H,30,34);1H. The molecule has 3 heterocycles. The van der Waals surface area contributed by atoms with Crippen LogP contribution in [0.4, 0.5) is 21.0 Å². The number of rotatable bonds is 4. The molecule has 2 aromatic carbocycles. The van der Waals surface area contributed by atoms with Crippen LogP contribution in [-0.2, 0) is 0 Å². The molecule has 2 aromatic rings. The fourth-order valence-corrected chi connectivity index (χ4v) is 4.12. The maximum absolute atomic E-state index is 12.7. The maximum atomic E-state index is 12.7. The van der Waals surface area contributed by atoms with Crippen molar-refractivity contribution in [1.29, 1.82) is 0 Å². The highest BCUT2D eigenvalue weighted by molar-refractivity contribution is 6.01. The Bertz CT molecular complexity index is 1020. The zero-order valence-corrected chi connectivity index (χ0v) is 20.1. The van der Waals surface area contributed by atoms with E-state index in [1.54, 1.807) is 9.80 Å². The van der Waals surface area contributed by atoms with Gasteiger partial charge in [0.2, 0.25) is 0 Å². The molecule has 0 saturated carbocycles. The molecule has 0 spiro atoms.